The minimum atomic E-state index is -0.412. The molecule has 0 atom stereocenters. The highest BCUT2D eigenvalue weighted by Gasteiger charge is 2.06. The van der Waals surface area contributed by atoms with Crippen molar-refractivity contribution in [3.8, 4) is 11.5 Å². The maximum atomic E-state index is 11.7. The van der Waals surface area contributed by atoms with Gasteiger partial charge in [-0.05, 0) is 18.2 Å². The predicted octanol–water partition coefficient (Wildman–Crippen LogP) is 3.53. The fraction of sp³-hybridized carbons (Fsp3) is 0.125. The number of halogens is 2. The van der Waals surface area contributed by atoms with Crippen molar-refractivity contribution in [2.24, 2.45) is 5.10 Å². The average Bonchev–Trinajstić information content (AvgIpc) is 2.57. The van der Waals surface area contributed by atoms with Crippen LogP contribution in [0.15, 0.2) is 47.6 Å². The van der Waals surface area contributed by atoms with Crippen LogP contribution in [-0.2, 0) is 4.79 Å². The van der Waals surface area contributed by atoms with E-state index in [2.05, 4.69) is 10.5 Å². The van der Waals surface area contributed by atoms with Gasteiger partial charge in [0, 0.05) is 5.56 Å². The van der Waals surface area contributed by atoms with Gasteiger partial charge >= 0.3 is 0 Å². The molecule has 23 heavy (non-hydrogen) atoms. The third-order valence-corrected chi connectivity index (χ3v) is 3.64. The number of carbonyl (C=O) groups excluding carboxylic acids is 1. The van der Waals surface area contributed by atoms with E-state index < -0.39 is 5.91 Å². The summed E-state index contributed by atoms with van der Waals surface area (Å²) in [5.41, 5.74) is 2.95. The first-order valence-corrected chi connectivity index (χ1v) is 7.39. The molecule has 0 unspecified atom stereocenters. The highest BCUT2D eigenvalue weighted by atomic mass is 35.5. The van der Waals surface area contributed by atoms with Gasteiger partial charge in [-0.1, -0.05) is 47.5 Å². The molecule has 0 aliphatic heterocycles. The number of nitrogens with one attached hydrogen (secondary N) is 1. The van der Waals surface area contributed by atoms with E-state index in [1.54, 1.807) is 36.4 Å². The zero-order chi connectivity index (χ0) is 16.7. The highest BCUT2D eigenvalue weighted by molar-refractivity contribution is 6.43. The second-order valence-corrected chi connectivity index (χ2v) is 5.16. The first-order valence-electron chi connectivity index (χ1n) is 6.63. The maximum absolute atomic E-state index is 11.7. The van der Waals surface area contributed by atoms with Crippen molar-refractivity contribution in [3.63, 3.8) is 0 Å². The smallest absolute Gasteiger partial charge is 0.277 e. The van der Waals surface area contributed by atoms with Gasteiger partial charge in [-0.25, -0.2) is 5.43 Å². The SMILES string of the molecule is COc1ccccc1OCC(=O)N/N=C\c1cccc(Cl)c1Cl. The normalized spacial score (nSPS) is 10.6. The number of rotatable bonds is 6. The number of amides is 1. The summed E-state index contributed by atoms with van der Waals surface area (Å²) in [6.45, 7) is -0.193. The van der Waals surface area contributed by atoms with Gasteiger partial charge in [-0.2, -0.15) is 5.10 Å². The van der Waals surface area contributed by atoms with Crippen molar-refractivity contribution in [1.82, 2.24) is 5.43 Å². The van der Waals surface area contributed by atoms with Crippen LogP contribution < -0.4 is 14.9 Å². The van der Waals surface area contributed by atoms with Crippen molar-refractivity contribution >= 4 is 35.3 Å². The summed E-state index contributed by atoms with van der Waals surface area (Å²) >= 11 is 11.9. The highest BCUT2D eigenvalue weighted by Crippen LogP contribution is 2.25. The Morgan fingerprint density at radius 1 is 1.17 bits per heavy atom. The molecule has 0 aliphatic carbocycles. The van der Waals surface area contributed by atoms with Crippen LogP contribution in [0.4, 0.5) is 0 Å². The molecule has 2 aromatic carbocycles. The first-order chi connectivity index (χ1) is 11.1. The summed E-state index contributed by atoms with van der Waals surface area (Å²) in [5.74, 6) is 0.617. The molecule has 0 aliphatic rings. The quantitative estimate of drug-likeness (QED) is 0.638. The number of nitrogens with zero attached hydrogens (tertiary/aromatic N) is 1. The Labute approximate surface area is 143 Å². The Balaban J connectivity index is 1.88. The van der Waals surface area contributed by atoms with Gasteiger partial charge in [0.2, 0.25) is 0 Å². The zero-order valence-electron chi connectivity index (χ0n) is 12.3. The average molecular weight is 353 g/mol. The largest absolute Gasteiger partial charge is 0.493 e. The van der Waals surface area contributed by atoms with Crippen LogP contribution >= 0.6 is 23.2 Å². The Morgan fingerprint density at radius 2 is 1.91 bits per heavy atom. The Hall–Kier alpha value is -2.24. The van der Waals surface area contributed by atoms with E-state index in [4.69, 9.17) is 32.7 Å². The summed E-state index contributed by atoms with van der Waals surface area (Å²) in [6, 6.07) is 12.2. The van der Waals surface area contributed by atoms with Gasteiger partial charge in [0.05, 0.1) is 23.4 Å². The Kier molecular flexibility index (Phi) is 6.26. The molecule has 1 N–H and O–H groups in total. The second kappa shape index (κ2) is 8.41. The molecule has 120 valence electrons. The van der Waals surface area contributed by atoms with Gasteiger partial charge in [-0.15, -0.1) is 0 Å². The van der Waals surface area contributed by atoms with Crippen LogP contribution in [0.3, 0.4) is 0 Å². The number of methoxy groups -OCH3 is 1. The lowest BCUT2D eigenvalue weighted by Gasteiger charge is -2.09. The van der Waals surface area contributed by atoms with E-state index in [9.17, 15) is 4.79 Å². The minimum Gasteiger partial charge on any atom is -0.493 e. The summed E-state index contributed by atoms with van der Waals surface area (Å²) < 4.78 is 10.5. The van der Waals surface area contributed by atoms with E-state index in [0.29, 0.717) is 27.1 Å². The number of hydrogen-bond acceptors (Lipinski definition) is 4. The number of hydrogen-bond donors (Lipinski definition) is 1. The van der Waals surface area contributed by atoms with Gasteiger partial charge in [0.15, 0.2) is 18.1 Å². The molecule has 0 aromatic heterocycles. The number of ether oxygens (including phenoxy) is 2. The van der Waals surface area contributed by atoms with Crippen LogP contribution in [0.5, 0.6) is 11.5 Å². The molecular weight excluding hydrogens is 339 g/mol. The summed E-state index contributed by atoms with van der Waals surface area (Å²) in [5, 5.41) is 4.61. The molecule has 0 fully saturated rings. The summed E-state index contributed by atoms with van der Waals surface area (Å²) in [4.78, 5) is 11.7. The molecule has 5 nitrogen and oxygen atoms in total. The van der Waals surface area contributed by atoms with Crippen LogP contribution in [0.25, 0.3) is 0 Å². The standard InChI is InChI=1S/C16H14Cl2N2O3/c1-22-13-7-2-3-8-14(13)23-10-15(21)20-19-9-11-5-4-6-12(17)16(11)18/h2-9H,10H2,1H3,(H,20,21)/b19-9-. The summed E-state index contributed by atoms with van der Waals surface area (Å²) in [6.07, 6.45) is 1.41. The Bertz CT molecular complexity index is 720. The van der Waals surface area contributed by atoms with E-state index in [1.165, 1.54) is 13.3 Å². The van der Waals surface area contributed by atoms with Gasteiger partial charge in [-0.3, -0.25) is 4.79 Å². The fourth-order valence-electron chi connectivity index (χ4n) is 1.71. The lowest BCUT2D eigenvalue weighted by molar-refractivity contribution is -0.123. The van der Waals surface area contributed by atoms with Crippen molar-refractivity contribution in [2.45, 2.75) is 0 Å². The topological polar surface area (TPSA) is 59.9 Å². The molecule has 0 saturated heterocycles. The molecule has 0 radical (unpaired) electrons. The van der Waals surface area contributed by atoms with E-state index in [1.807, 2.05) is 6.07 Å². The van der Waals surface area contributed by atoms with Gasteiger partial charge in [0.1, 0.15) is 0 Å². The van der Waals surface area contributed by atoms with Gasteiger partial charge < -0.3 is 9.47 Å². The third kappa shape index (κ3) is 4.87. The molecule has 0 bridgehead atoms. The molecular formula is C16H14Cl2N2O3. The van der Waals surface area contributed by atoms with Crippen molar-refractivity contribution in [1.29, 1.82) is 0 Å². The molecule has 7 heteroatoms. The predicted molar refractivity (Wildman–Crippen MR) is 90.7 cm³/mol. The number of carbonyl (C=O) groups is 1. The van der Waals surface area contributed by atoms with Crippen molar-refractivity contribution in [3.05, 3.63) is 58.1 Å². The number of hydrazone groups is 1. The van der Waals surface area contributed by atoms with Crippen LogP contribution in [0.2, 0.25) is 10.0 Å². The molecule has 2 aromatic rings. The van der Waals surface area contributed by atoms with Crippen molar-refractivity contribution < 1.29 is 14.3 Å². The monoisotopic (exact) mass is 352 g/mol. The Morgan fingerprint density at radius 3 is 2.65 bits per heavy atom. The van der Waals surface area contributed by atoms with Gasteiger partial charge in [0.25, 0.3) is 5.91 Å². The van der Waals surface area contributed by atoms with E-state index in [-0.39, 0.29) is 6.61 Å². The number of benzene rings is 2. The summed E-state index contributed by atoms with van der Waals surface area (Å²) in [7, 11) is 1.53. The zero-order valence-corrected chi connectivity index (χ0v) is 13.8. The minimum absolute atomic E-state index is 0.193. The molecule has 0 heterocycles. The van der Waals surface area contributed by atoms with E-state index in [0.717, 1.165) is 0 Å². The van der Waals surface area contributed by atoms with Crippen LogP contribution in [0.1, 0.15) is 5.56 Å². The van der Waals surface area contributed by atoms with E-state index >= 15 is 0 Å². The maximum Gasteiger partial charge on any atom is 0.277 e. The molecule has 2 rings (SSSR count). The second-order valence-electron chi connectivity index (χ2n) is 4.38. The van der Waals surface area contributed by atoms with Crippen LogP contribution in [0, 0.1) is 0 Å². The lowest BCUT2D eigenvalue weighted by atomic mass is 10.2. The third-order valence-electron chi connectivity index (χ3n) is 2.80. The molecule has 0 spiro atoms. The van der Waals surface area contributed by atoms with Crippen molar-refractivity contribution in [2.75, 3.05) is 13.7 Å². The first kappa shape index (κ1) is 17.1. The number of para-hydroxylation sites is 2. The molecule has 0 saturated carbocycles. The fourth-order valence-corrected chi connectivity index (χ4v) is 2.06. The molecule has 1 amide bonds. The van der Waals surface area contributed by atoms with Crippen LogP contribution in [-0.4, -0.2) is 25.8 Å². The lowest BCUT2D eigenvalue weighted by Crippen LogP contribution is -2.24.